The summed E-state index contributed by atoms with van der Waals surface area (Å²) in [4.78, 5) is 35.8. The minimum absolute atomic E-state index is 0.0914. The summed E-state index contributed by atoms with van der Waals surface area (Å²) in [6, 6.07) is 3.81. The van der Waals surface area contributed by atoms with Crippen LogP contribution in [0.4, 0.5) is 0 Å². The summed E-state index contributed by atoms with van der Waals surface area (Å²) in [5.74, 6) is 2.65. The molecule has 0 aromatic carbocycles. The van der Waals surface area contributed by atoms with Crippen LogP contribution < -0.4 is 5.56 Å². The van der Waals surface area contributed by atoms with E-state index in [9.17, 15) is 9.59 Å². The van der Waals surface area contributed by atoms with E-state index in [1.807, 2.05) is 39.0 Å². The number of thioether (sulfide) groups is 1. The van der Waals surface area contributed by atoms with Crippen molar-refractivity contribution >= 4 is 29.0 Å². The van der Waals surface area contributed by atoms with Gasteiger partial charge in [-0.15, -0.1) is 11.3 Å². The largest absolute Gasteiger partial charge is 0.337 e. The molecule has 2 aromatic rings. The highest BCUT2D eigenvalue weighted by molar-refractivity contribution is 7.99. The number of hydrogen-bond acceptors (Lipinski definition) is 6. The summed E-state index contributed by atoms with van der Waals surface area (Å²) in [5.41, 5.74) is 3.23. The number of piperidine rings is 1. The van der Waals surface area contributed by atoms with Crippen LogP contribution >= 0.6 is 23.1 Å². The van der Waals surface area contributed by atoms with Crippen molar-refractivity contribution in [2.24, 2.45) is 5.92 Å². The predicted molar refractivity (Wildman–Crippen MR) is 112 cm³/mol. The monoisotopic (exact) mass is 416 g/mol. The third-order valence-electron chi connectivity index (χ3n) is 6.07. The molecule has 28 heavy (non-hydrogen) atoms. The first-order valence-corrected chi connectivity index (χ1v) is 11.9. The van der Waals surface area contributed by atoms with Gasteiger partial charge in [0.2, 0.25) is 0 Å². The quantitative estimate of drug-likeness (QED) is 0.767. The Morgan fingerprint density at radius 2 is 2.04 bits per heavy atom. The Labute approximate surface area is 172 Å². The number of likely N-dealkylation sites (tertiary alicyclic amines) is 1. The molecule has 8 heteroatoms. The van der Waals surface area contributed by atoms with E-state index < -0.39 is 0 Å². The molecule has 0 N–H and O–H groups in total. The molecule has 6 nitrogen and oxygen atoms in total. The van der Waals surface area contributed by atoms with E-state index in [1.165, 1.54) is 4.88 Å². The molecule has 3 aliphatic rings. The van der Waals surface area contributed by atoms with E-state index in [4.69, 9.17) is 0 Å². The summed E-state index contributed by atoms with van der Waals surface area (Å²) in [6.07, 6.45) is 3.08. The zero-order valence-electron chi connectivity index (χ0n) is 15.7. The molecule has 2 aromatic heterocycles. The summed E-state index contributed by atoms with van der Waals surface area (Å²) >= 11 is 3.57. The Morgan fingerprint density at radius 3 is 2.82 bits per heavy atom. The van der Waals surface area contributed by atoms with Gasteiger partial charge in [0.05, 0.1) is 5.51 Å². The minimum Gasteiger partial charge on any atom is -0.337 e. The molecule has 148 valence electrons. The van der Waals surface area contributed by atoms with E-state index in [-0.39, 0.29) is 11.5 Å². The molecule has 5 heterocycles. The van der Waals surface area contributed by atoms with Gasteiger partial charge in [-0.2, -0.15) is 11.8 Å². The first kappa shape index (κ1) is 18.4. The average molecular weight is 417 g/mol. The zero-order chi connectivity index (χ0) is 19.1. The van der Waals surface area contributed by atoms with E-state index >= 15 is 0 Å². The Balaban J connectivity index is 1.39. The zero-order valence-corrected chi connectivity index (χ0v) is 17.4. The van der Waals surface area contributed by atoms with Crippen molar-refractivity contribution in [3.63, 3.8) is 0 Å². The van der Waals surface area contributed by atoms with Crippen molar-refractivity contribution in [3.05, 3.63) is 50.3 Å². The number of nitrogens with zero attached hydrogens (tertiary/aromatic N) is 4. The normalized spacial score (nSPS) is 24.8. The molecule has 5 rings (SSSR count). The van der Waals surface area contributed by atoms with Gasteiger partial charge >= 0.3 is 0 Å². The number of hydrogen-bond donors (Lipinski definition) is 0. The number of aromatic nitrogens is 2. The van der Waals surface area contributed by atoms with Gasteiger partial charge in [-0.1, -0.05) is 0 Å². The van der Waals surface area contributed by atoms with Crippen LogP contribution in [0.25, 0.3) is 0 Å². The lowest BCUT2D eigenvalue weighted by Crippen LogP contribution is -2.48. The lowest BCUT2D eigenvalue weighted by atomic mass is 9.83. The van der Waals surface area contributed by atoms with Gasteiger partial charge in [0.1, 0.15) is 5.56 Å². The predicted octanol–water partition coefficient (Wildman–Crippen LogP) is 2.11. The molecule has 0 spiro atoms. The van der Waals surface area contributed by atoms with Gasteiger partial charge < -0.3 is 9.47 Å². The van der Waals surface area contributed by atoms with Crippen molar-refractivity contribution in [1.82, 2.24) is 19.4 Å². The molecule has 0 unspecified atom stereocenters. The van der Waals surface area contributed by atoms with Crippen LogP contribution in [0.5, 0.6) is 0 Å². The second-order valence-corrected chi connectivity index (χ2v) is 10.1. The molecule has 3 aliphatic heterocycles. The van der Waals surface area contributed by atoms with Gasteiger partial charge in [0.15, 0.2) is 0 Å². The molecule has 2 fully saturated rings. The average Bonchev–Trinajstić information content (AvgIpc) is 3.22. The molecule has 2 bridgehead atoms. The highest BCUT2D eigenvalue weighted by atomic mass is 32.2. The van der Waals surface area contributed by atoms with E-state index in [0.717, 1.165) is 62.9 Å². The summed E-state index contributed by atoms with van der Waals surface area (Å²) in [7, 11) is 0. The third-order valence-corrected chi connectivity index (χ3v) is 7.78. The van der Waals surface area contributed by atoms with E-state index in [0.29, 0.717) is 17.4 Å². The maximum Gasteiger partial charge on any atom is 0.263 e. The minimum atomic E-state index is -0.0943. The van der Waals surface area contributed by atoms with Crippen LogP contribution in [0, 0.1) is 5.92 Å². The first-order valence-electron chi connectivity index (χ1n) is 9.89. The van der Waals surface area contributed by atoms with Crippen molar-refractivity contribution in [2.45, 2.75) is 25.4 Å². The molecule has 2 saturated heterocycles. The standard InChI is InChI=1S/C20H24N4O2S2/c25-19(23-3-5-27-6-4-23)17-1-2-18-15-7-14(10-24(18)20(17)26)9-22(11-15)12-16-8-21-13-28-16/h1-2,8,13-15H,3-7,9-12H2/t14-,15+/m0/s1. The van der Waals surface area contributed by atoms with E-state index in [2.05, 4.69) is 9.88 Å². The van der Waals surface area contributed by atoms with Crippen LogP contribution in [0.15, 0.2) is 28.6 Å². The molecule has 2 atom stereocenters. The maximum absolute atomic E-state index is 13.2. The van der Waals surface area contributed by atoms with Gasteiger partial charge in [0.25, 0.3) is 11.5 Å². The van der Waals surface area contributed by atoms with E-state index in [1.54, 1.807) is 17.4 Å². The molecule has 0 saturated carbocycles. The Morgan fingerprint density at radius 1 is 1.18 bits per heavy atom. The van der Waals surface area contributed by atoms with Crippen molar-refractivity contribution in [1.29, 1.82) is 0 Å². The third kappa shape index (κ3) is 3.42. The number of amides is 1. The Bertz CT molecular complexity index is 921. The fourth-order valence-electron chi connectivity index (χ4n) is 4.81. The topological polar surface area (TPSA) is 58.4 Å². The summed E-state index contributed by atoms with van der Waals surface area (Å²) in [5, 5.41) is 0. The van der Waals surface area contributed by atoms with Crippen LogP contribution in [-0.4, -0.2) is 62.9 Å². The number of rotatable bonds is 3. The summed E-state index contributed by atoms with van der Waals surface area (Å²) in [6.45, 7) is 5.10. The highest BCUT2D eigenvalue weighted by Gasteiger charge is 2.35. The van der Waals surface area contributed by atoms with Gasteiger partial charge in [0, 0.05) is 73.5 Å². The number of thiazole rings is 1. The lowest BCUT2D eigenvalue weighted by Gasteiger charge is -2.42. The SMILES string of the molecule is O=C(c1ccc2n(c1=O)C[C@H]1C[C@@H]2CN(Cc2cncs2)C1)N1CCSCC1. The molecule has 0 radical (unpaired) electrons. The van der Waals surface area contributed by atoms with Crippen molar-refractivity contribution in [2.75, 3.05) is 37.7 Å². The number of carbonyl (C=O) groups is 1. The molecule has 0 aliphatic carbocycles. The number of pyridine rings is 1. The second kappa shape index (κ2) is 7.65. The lowest BCUT2D eigenvalue weighted by molar-refractivity contribution is 0.0767. The Hall–Kier alpha value is -1.64. The second-order valence-electron chi connectivity index (χ2n) is 7.95. The first-order chi connectivity index (χ1) is 13.7. The molecular formula is C20H24N4O2S2. The van der Waals surface area contributed by atoms with Crippen LogP contribution in [0.2, 0.25) is 0 Å². The van der Waals surface area contributed by atoms with Crippen molar-refractivity contribution in [3.8, 4) is 0 Å². The van der Waals surface area contributed by atoms with Crippen LogP contribution in [0.1, 0.15) is 33.3 Å². The maximum atomic E-state index is 13.2. The molecular weight excluding hydrogens is 392 g/mol. The molecule has 1 amide bonds. The number of fused-ring (bicyclic) bond motifs is 4. The van der Waals surface area contributed by atoms with Gasteiger partial charge in [-0.25, -0.2) is 0 Å². The fraction of sp³-hybridized carbons (Fsp3) is 0.550. The van der Waals surface area contributed by atoms with Gasteiger partial charge in [-0.05, 0) is 24.5 Å². The van der Waals surface area contributed by atoms with Crippen LogP contribution in [0.3, 0.4) is 0 Å². The fourth-order valence-corrected chi connectivity index (χ4v) is 6.35. The van der Waals surface area contributed by atoms with Crippen LogP contribution in [-0.2, 0) is 13.1 Å². The highest BCUT2D eigenvalue weighted by Crippen LogP contribution is 2.36. The summed E-state index contributed by atoms with van der Waals surface area (Å²) < 4.78 is 1.90. The Kier molecular flexibility index (Phi) is 5.02. The van der Waals surface area contributed by atoms with Crippen molar-refractivity contribution < 1.29 is 4.79 Å². The smallest absolute Gasteiger partial charge is 0.263 e. The van der Waals surface area contributed by atoms with Gasteiger partial charge in [-0.3, -0.25) is 19.5 Å². The number of carbonyl (C=O) groups excluding carboxylic acids is 1.